The summed E-state index contributed by atoms with van der Waals surface area (Å²) in [5, 5.41) is 30.8. The summed E-state index contributed by atoms with van der Waals surface area (Å²) in [6.45, 7) is 7.82. The third kappa shape index (κ3) is 7.20. The summed E-state index contributed by atoms with van der Waals surface area (Å²) in [5.41, 5.74) is -1.17. The number of benzene rings is 1. The summed E-state index contributed by atoms with van der Waals surface area (Å²) < 4.78 is 9.57. The fourth-order valence-corrected chi connectivity index (χ4v) is 2.81. The zero-order chi connectivity index (χ0) is 25.1. The predicted molar refractivity (Wildman–Crippen MR) is 116 cm³/mol. The first-order chi connectivity index (χ1) is 15.6. The third-order valence-corrected chi connectivity index (χ3v) is 4.61. The summed E-state index contributed by atoms with van der Waals surface area (Å²) in [6, 6.07) is 3.69. The van der Waals surface area contributed by atoms with E-state index >= 15 is 0 Å². The number of rotatable bonds is 10. The number of nitriles is 1. The van der Waals surface area contributed by atoms with Crippen molar-refractivity contribution >= 4 is 29.7 Å². The number of carbonyl (C=O) groups excluding carboxylic acids is 3. The molecule has 0 fully saturated rings. The Kier molecular flexibility index (Phi) is 10.3. The van der Waals surface area contributed by atoms with Gasteiger partial charge in [0.25, 0.3) is 11.8 Å². The van der Waals surface area contributed by atoms with E-state index < -0.39 is 46.7 Å². The average Bonchev–Trinajstić information content (AvgIpc) is 2.79. The van der Waals surface area contributed by atoms with Crippen LogP contribution < -0.4 is 4.74 Å². The zero-order valence-corrected chi connectivity index (χ0v) is 18.9. The normalized spacial score (nSPS) is 10.7. The number of phenolic OH excluding ortho intramolecular Hbond substituents is 1. The van der Waals surface area contributed by atoms with Crippen LogP contribution in [0.2, 0.25) is 0 Å². The fraction of sp³-hybridized carbons (Fsp3) is 0.429. The summed E-state index contributed by atoms with van der Waals surface area (Å²) in [7, 11) is 0. The molecule has 0 bridgehead atoms. The minimum absolute atomic E-state index is 0.0430. The molecule has 0 saturated heterocycles. The maximum Gasteiger partial charge on any atom is 0.514 e. The number of ether oxygens (including phenoxy) is 2. The van der Waals surface area contributed by atoms with Crippen molar-refractivity contribution in [2.24, 2.45) is 0 Å². The van der Waals surface area contributed by atoms with Gasteiger partial charge in [-0.05, 0) is 45.4 Å². The molecule has 1 aromatic rings. The van der Waals surface area contributed by atoms with E-state index in [1.807, 2.05) is 0 Å². The lowest BCUT2D eigenvalue weighted by Crippen LogP contribution is -2.34. The molecule has 1 aromatic carbocycles. The first kappa shape index (κ1) is 26.9. The van der Waals surface area contributed by atoms with E-state index in [-0.39, 0.29) is 11.1 Å². The highest BCUT2D eigenvalue weighted by atomic mass is 16.7. The van der Waals surface area contributed by atoms with E-state index in [2.05, 4.69) is 0 Å². The van der Waals surface area contributed by atoms with E-state index in [1.54, 1.807) is 33.8 Å². The summed E-state index contributed by atoms with van der Waals surface area (Å²) >= 11 is 0. The van der Waals surface area contributed by atoms with Crippen LogP contribution in [-0.2, 0) is 14.3 Å². The molecule has 1 rings (SSSR count). The number of aromatic hydroxyl groups is 1. The monoisotopic (exact) mass is 462 g/mol. The average molecular weight is 462 g/mol. The Balaban J connectivity index is 3.24. The van der Waals surface area contributed by atoms with Gasteiger partial charge in [-0.25, -0.2) is 4.79 Å². The lowest BCUT2D eigenvalue weighted by atomic mass is 10.1. The van der Waals surface area contributed by atoms with E-state index in [0.29, 0.717) is 26.2 Å². The van der Waals surface area contributed by atoms with Gasteiger partial charge in [-0.1, -0.05) is 0 Å². The quantitative estimate of drug-likeness (QED) is 0.137. The van der Waals surface area contributed by atoms with Crippen molar-refractivity contribution in [3.8, 4) is 17.6 Å². The van der Waals surface area contributed by atoms with Gasteiger partial charge in [-0.3, -0.25) is 19.7 Å². The standard InChI is InChI=1S/C21H26N4O8/c1-5-23(6-2)18(26)13-32-21(29)33-17-11-14(10-16(19(17)27)25(30)31)9-15(12-22)20(28)24(7-3)8-4/h9-11,27H,5-8,13H2,1-4H3/b15-9+. The number of carbonyl (C=O) groups is 3. The lowest BCUT2D eigenvalue weighted by Gasteiger charge is -2.18. The van der Waals surface area contributed by atoms with Crippen LogP contribution in [0.4, 0.5) is 10.5 Å². The summed E-state index contributed by atoms with van der Waals surface area (Å²) in [6.07, 6.45) is -0.296. The number of hydrogen-bond donors (Lipinski definition) is 1. The molecule has 2 amide bonds. The minimum atomic E-state index is -1.37. The molecule has 0 aromatic heterocycles. The smallest absolute Gasteiger partial charge is 0.499 e. The van der Waals surface area contributed by atoms with Gasteiger partial charge in [0.2, 0.25) is 5.75 Å². The van der Waals surface area contributed by atoms with Crippen LogP contribution >= 0.6 is 0 Å². The third-order valence-electron chi connectivity index (χ3n) is 4.61. The van der Waals surface area contributed by atoms with Gasteiger partial charge >= 0.3 is 11.8 Å². The molecule has 0 spiro atoms. The maximum absolute atomic E-state index is 12.5. The molecule has 12 heteroatoms. The van der Waals surface area contributed by atoms with Crippen LogP contribution in [0.3, 0.4) is 0 Å². The Morgan fingerprint density at radius 3 is 2.18 bits per heavy atom. The van der Waals surface area contributed by atoms with Crippen LogP contribution in [0.15, 0.2) is 17.7 Å². The largest absolute Gasteiger partial charge is 0.514 e. The van der Waals surface area contributed by atoms with E-state index in [4.69, 9.17) is 9.47 Å². The Hall–Kier alpha value is -4.14. The minimum Gasteiger partial charge on any atom is -0.499 e. The number of phenols is 1. The van der Waals surface area contributed by atoms with E-state index in [0.717, 1.165) is 18.2 Å². The molecule has 0 aliphatic heterocycles. The van der Waals surface area contributed by atoms with Crippen LogP contribution in [0.25, 0.3) is 6.08 Å². The molecule has 12 nitrogen and oxygen atoms in total. The van der Waals surface area contributed by atoms with Gasteiger partial charge < -0.3 is 24.4 Å². The van der Waals surface area contributed by atoms with Gasteiger partial charge in [-0.2, -0.15) is 5.26 Å². The molecule has 0 saturated carbocycles. The second kappa shape index (κ2) is 12.7. The van der Waals surface area contributed by atoms with Crippen molar-refractivity contribution < 1.29 is 33.9 Å². The van der Waals surface area contributed by atoms with Gasteiger partial charge in [-0.15, -0.1) is 0 Å². The van der Waals surface area contributed by atoms with Crippen LogP contribution in [0.1, 0.15) is 33.3 Å². The number of nitro groups is 1. The highest BCUT2D eigenvalue weighted by Crippen LogP contribution is 2.38. The number of hydrogen-bond acceptors (Lipinski definition) is 9. The second-order valence-corrected chi connectivity index (χ2v) is 6.50. The van der Waals surface area contributed by atoms with Crippen molar-refractivity contribution in [1.82, 2.24) is 9.80 Å². The number of amides is 2. The SMILES string of the molecule is CCN(CC)C(=O)COC(=O)Oc1cc(/C=C(\C#N)C(=O)N(CC)CC)cc([N+](=O)[O-])c1O. The molecular formula is C21H26N4O8. The van der Waals surface area contributed by atoms with Crippen molar-refractivity contribution in [2.45, 2.75) is 27.7 Å². The molecule has 0 aliphatic carbocycles. The molecule has 1 N–H and O–H groups in total. The highest BCUT2D eigenvalue weighted by molar-refractivity contribution is 6.01. The van der Waals surface area contributed by atoms with Gasteiger partial charge in [0.05, 0.1) is 4.92 Å². The maximum atomic E-state index is 12.5. The van der Waals surface area contributed by atoms with Crippen molar-refractivity contribution in [3.63, 3.8) is 0 Å². The van der Waals surface area contributed by atoms with E-state index in [9.17, 15) is 34.9 Å². The molecule has 33 heavy (non-hydrogen) atoms. The molecule has 0 aliphatic rings. The Morgan fingerprint density at radius 2 is 1.70 bits per heavy atom. The van der Waals surface area contributed by atoms with Crippen LogP contribution in [0, 0.1) is 21.4 Å². The Morgan fingerprint density at radius 1 is 1.12 bits per heavy atom. The van der Waals surface area contributed by atoms with Crippen molar-refractivity contribution in [2.75, 3.05) is 32.8 Å². The highest BCUT2D eigenvalue weighted by Gasteiger charge is 2.24. The molecule has 0 unspecified atom stereocenters. The molecule has 0 heterocycles. The topological polar surface area (TPSA) is 163 Å². The van der Waals surface area contributed by atoms with Gasteiger partial charge in [0, 0.05) is 32.2 Å². The zero-order valence-electron chi connectivity index (χ0n) is 18.9. The molecular weight excluding hydrogens is 436 g/mol. The van der Waals surface area contributed by atoms with Crippen molar-refractivity contribution in [3.05, 3.63) is 33.4 Å². The Labute approximate surface area is 190 Å². The molecule has 0 atom stereocenters. The van der Waals surface area contributed by atoms with Crippen LogP contribution in [-0.4, -0.2) is 70.6 Å². The fourth-order valence-electron chi connectivity index (χ4n) is 2.81. The first-order valence-electron chi connectivity index (χ1n) is 10.2. The van der Waals surface area contributed by atoms with Crippen molar-refractivity contribution in [1.29, 1.82) is 5.26 Å². The number of nitro benzene ring substituents is 1. The van der Waals surface area contributed by atoms with Gasteiger partial charge in [0.15, 0.2) is 12.4 Å². The van der Waals surface area contributed by atoms with E-state index in [1.165, 1.54) is 9.80 Å². The second-order valence-electron chi connectivity index (χ2n) is 6.50. The molecule has 178 valence electrons. The number of likely N-dealkylation sites (N-methyl/N-ethyl adjacent to an activating group) is 2. The van der Waals surface area contributed by atoms with Gasteiger partial charge in [0.1, 0.15) is 11.6 Å². The van der Waals surface area contributed by atoms with Crippen LogP contribution in [0.5, 0.6) is 11.5 Å². The predicted octanol–water partition coefficient (Wildman–Crippen LogP) is 2.46. The lowest BCUT2D eigenvalue weighted by molar-refractivity contribution is -0.385. The first-order valence-corrected chi connectivity index (χ1v) is 10.2. The Bertz CT molecular complexity index is 975. The molecule has 0 radical (unpaired) electrons. The summed E-state index contributed by atoms with van der Waals surface area (Å²) in [5.74, 6) is -2.66. The number of nitrogens with zero attached hydrogens (tertiary/aromatic N) is 4. The summed E-state index contributed by atoms with van der Waals surface area (Å²) in [4.78, 5) is 49.6.